The number of nitrogens with one attached hydrogen (secondary N) is 1. The maximum absolute atomic E-state index is 12.0. The lowest BCUT2D eigenvalue weighted by Gasteiger charge is -2.11. The molecule has 0 radical (unpaired) electrons. The maximum Gasteiger partial charge on any atom is 0.389 e. The highest BCUT2D eigenvalue weighted by Gasteiger charge is 2.25. The molecule has 0 bridgehead atoms. The molecule has 0 aliphatic rings. The number of unbranched alkanes of at least 4 members (excludes halogenated alkanes) is 1. The van der Waals surface area contributed by atoms with E-state index in [4.69, 9.17) is 5.26 Å². The third-order valence-electron chi connectivity index (χ3n) is 3.25. The van der Waals surface area contributed by atoms with E-state index >= 15 is 0 Å². The van der Waals surface area contributed by atoms with Crippen molar-refractivity contribution in [1.82, 2.24) is 0 Å². The first kappa shape index (κ1) is 15.2. The average molecular weight is 292 g/mol. The van der Waals surface area contributed by atoms with Gasteiger partial charge in [0, 0.05) is 29.4 Å². The second kappa shape index (κ2) is 6.49. The number of halogens is 3. The Labute approximate surface area is 121 Å². The van der Waals surface area contributed by atoms with E-state index < -0.39 is 12.6 Å². The molecule has 0 aromatic heterocycles. The van der Waals surface area contributed by atoms with E-state index in [1.54, 1.807) is 12.1 Å². The Morgan fingerprint density at radius 2 is 1.71 bits per heavy atom. The van der Waals surface area contributed by atoms with Gasteiger partial charge in [0.05, 0.1) is 11.6 Å². The molecule has 0 aliphatic heterocycles. The number of benzene rings is 2. The maximum atomic E-state index is 12.0. The average Bonchev–Trinajstić information content (AvgIpc) is 2.45. The first-order chi connectivity index (χ1) is 10.0. The van der Waals surface area contributed by atoms with Gasteiger partial charge in [0.15, 0.2) is 0 Å². The van der Waals surface area contributed by atoms with Crippen molar-refractivity contribution in [1.29, 1.82) is 5.26 Å². The molecule has 0 atom stereocenters. The Morgan fingerprint density at radius 1 is 1.00 bits per heavy atom. The molecule has 0 spiro atoms. The molecule has 5 heteroatoms. The molecule has 0 saturated carbocycles. The number of hydrogen-bond donors (Lipinski definition) is 1. The van der Waals surface area contributed by atoms with Crippen LogP contribution < -0.4 is 5.32 Å². The van der Waals surface area contributed by atoms with Gasteiger partial charge in [0.1, 0.15) is 0 Å². The molecular weight excluding hydrogens is 277 g/mol. The van der Waals surface area contributed by atoms with Gasteiger partial charge in [-0.2, -0.15) is 18.4 Å². The summed E-state index contributed by atoms with van der Waals surface area (Å²) in [6.07, 6.45) is -4.26. The molecule has 0 fully saturated rings. The molecule has 2 rings (SSSR count). The summed E-state index contributed by atoms with van der Waals surface area (Å²) in [5, 5.41) is 14.0. The number of nitrogens with zero attached hydrogens (tertiary/aromatic N) is 1. The fourth-order valence-electron chi connectivity index (χ4n) is 2.22. The van der Waals surface area contributed by atoms with E-state index in [0.717, 1.165) is 16.5 Å². The Morgan fingerprint density at radius 3 is 2.38 bits per heavy atom. The van der Waals surface area contributed by atoms with Crippen LogP contribution in [0.5, 0.6) is 0 Å². The molecule has 0 heterocycles. The van der Waals surface area contributed by atoms with Crippen LogP contribution in [0, 0.1) is 11.3 Å². The summed E-state index contributed by atoms with van der Waals surface area (Å²) in [5.41, 5.74) is 1.44. The van der Waals surface area contributed by atoms with Gasteiger partial charge in [-0.05, 0) is 25.0 Å². The Bertz CT molecular complexity index is 657. The SMILES string of the molecule is N#Cc1ccc(NCCCCC(F)(F)F)c2ccccc12. The predicted octanol–water partition coefficient (Wildman–Crippen LogP) is 4.86. The molecule has 21 heavy (non-hydrogen) atoms. The quantitative estimate of drug-likeness (QED) is 0.799. The normalized spacial score (nSPS) is 11.3. The van der Waals surface area contributed by atoms with Gasteiger partial charge in [0.2, 0.25) is 0 Å². The summed E-state index contributed by atoms with van der Waals surface area (Å²) >= 11 is 0. The van der Waals surface area contributed by atoms with Gasteiger partial charge in [-0.15, -0.1) is 0 Å². The monoisotopic (exact) mass is 292 g/mol. The van der Waals surface area contributed by atoms with Crippen LogP contribution in [0.2, 0.25) is 0 Å². The van der Waals surface area contributed by atoms with Crippen LogP contribution in [0.4, 0.5) is 18.9 Å². The van der Waals surface area contributed by atoms with E-state index in [9.17, 15) is 13.2 Å². The van der Waals surface area contributed by atoms with Crippen molar-refractivity contribution in [3.05, 3.63) is 42.0 Å². The highest BCUT2D eigenvalue weighted by molar-refractivity contribution is 5.97. The first-order valence-electron chi connectivity index (χ1n) is 6.74. The summed E-state index contributed by atoms with van der Waals surface area (Å²) in [6, 6.07) is 13.1. The Kier molecular flexibility index (Phi) is 4.69. The molecule has 0 unspecified atom stereocenters. The van der Waals surface area contributed by atoms with Crippen molar-refractivity contribution in [3.63, 3.8) is 0 Å². The molecule has 0 saturated heterocycles. The lowest BCUT2D eigenvalue weighted by molar-refractivity contribution is -0.135. The van der Waals surface area contributed by atoms with Crippen LogP contribution in [-0.2, 0) is 0 Å². The lowest BCUT2D eigenvalue weighted by atomic mass is 10.0. The van der Waals surface area contributed by atoms with Crippen molar-refractivity contribution < 1.29 is 13.2 Å². The Balaban J connectivity index is 2.02. The van der Waals surface area contributed by atoms with E-state index in [-0.39, 0.29) is 6.42 Å². The predicted molar refractivity (Wildman–Crippen MR) is 77.1 cm³/mol. The minimum Gasteiger partial charge on any atom is -0.385 e. The number of rotatable bonds is 5. The van der Waals surface area contributed by atoms with Crippen molar-refractivity contribution >= 4 is 16.5 Å². The topological polar surface area (TPSA) is 35.8 Å². The lowest BCUT2D eigenvalue weighted by Crippen LogP contribution is -2.08. The van der Waals surface area contributed by atoms with Gasteiger partial charge in [-0.25, -0.2) is 0 Å². The summed E-state index contributed by atoms with van der Waals surface area (Å²) < 4.78 is 36.1. The zero-order valence-corrected chi connectivity index (χ0v) is 11.4. The van der Waals surface area contributed by atoms with E-state index in [0.29, 0.717) is 18.5 Å². The summed E-state index contributed by atoms with van der Waals surface area (Å²) in [4.78, 5) is 0. The molecule has 1 N–H and O–H groups in total. The highest BCUT2D eigenvalue weighted by atomic mass is 19.4. The first-order valence-corrected chi connectivity index (χ1v) is 6.74. The molecule has 0 aliphatic carbocycles. The summed E-state index contributed by atoms with van der Waals surface area (Å²) in [5.74, 6) is 0. The highest BCUT2D eigenvalue weighted by Crippen LogP contribution is 2.27. The number of fused-ring (bicyclic) bond motifs is 1. The third-order valence-corrected chi connectivity index (χ3v) is 3.25. The minimum absolute atomic E-state index is 0.116. The molecule has 110 valence electrons. The van der Waals surface area contributed by atoms with Crippen LogP contribution in [0.3, 0.4) is 0 Å². The minimum atomic E-state index is -4.08. The van der Waals surface area contributed by atoms with Crippen molar-refractivity contribution in [2.24, 2.45) is 0 Å². The Hall–Kier alpha value is -2.22. The summed E-state index contributed by atoms with van der Waals surface area (Å²) in [6.45, 7) is 0.478. The number of hydrogen-bond acceptors (Lipinski definition) is 2. The third kappa shape index (κ3) is 4.12. The van der Waals surface area contributed by atoms with Gasteiger partial charge in [-0.3, -0.25) is 0 Å². The van der Waals surface area contributed by atoms with E-state index in [1.807, 2.05) is 24.3 Å². The number of alkyl halides is 3. The number of anilines is 1. The summed E-state index contributed by atoms with van der Waals surface area (Å²) in [7, 11) is 0. The molecule has 0 amide bonds. The molecule has 2 nitrogen and oxygen atoms in total. The largest absolute Gasteiger partial charge is 0.389 e. The van der Waals surface area contributed by atoms with Crippen molar-refractivity contribution in [3.8, 4) is 6.07 Å². The van der Waals surface area contributed by atoms with Crippen LogP contribution in [-0.4, -0.2) is 12.7 Å². The van der Waals surface area contributed by atoms with Gasteiger partial charge in [-0.1, -0.05) is 24.3 Å². The van der Waals surface area contributed by atoms with Gasteiger partial charge < -0.3 is 5.32 Å². The van der Waals surface area contributed by atoms with E-state index in [1.165, 1.54) is 0 Å². The van der Waals surface area contributed by atoms with Crippen LogP contribution in [0.15, 0.2) is 36.4 Å². The van der Waals surface area contributed by atoms with Crippen LogP contribution in [0.1, 0.15) is 24.8 Å². The standard InChI is InChI=1S/C16H15F3N2/c17-16(18,19)9-3-4-10-21-15-8-7-12(11-20)13-5-1-2-6-14(13)15/h1-2,5-8,21H,3-4,9-10H2. The van der Waals surface area contributed by atoms with Crippen LogP contribution in [0.25, 0.3) is 10.8 Å². The van der Waals surface area contributed by atoms with Gasteiger partial charge in [0.25, 0.3) is 0 Å². The van der Waals surface area contributed by atoms with Crippen molar-refractivity contribution in [2.45, 2.75) is 25.4 Å². The second-order valence-corrected chi connectivity index (χ2v) is 4.82. The zero-order chi connectivity index (χ0) is 15.3. The molecule has 2 aromatic rings. The zero-order valence-electron chi connectivity index (χ0n) is 11.4. The van der Waals surface area contributed by atoms with Crippen molar-refractivity contribution in [2.75, 3.05) is 11.9 Å². The van der Waals surface area contributed by atoms with Crippen LogP contribution >= 0.6 is 0 Å². The second-order valence-electron chi connectivity index (χ2n) is 4.82. The fourth-order valence-corrected chi connectivity index (χ4v) is 2.22. The smallest absolute Gasteiger partial charge is 0.385 e. The molecular formula is C16H15F3N2. The van der Waals surface area contributed by atoms with Gasteiger partial charge >= 0.3 is 6.18 Å². The van der Waals surface area contributed by atoms with E-state index in [2.05, 4.69) is 11.4 Å². The fraction of sp³-hybridized carbons (Fsp3) is 0.312. The molecule has 2 aromatic carbocycles. The number of nitriles is 1.